The number of anilines is 1. The Bertz CT molecular complexity index is 460. The minimum absolute atomic E-state index is 0.170. The van der Waals surface area contributed by atoms with Crippen molar-refractivity contribution < 1.29 is 14.3 Å². The van der Waals surface area contributed by atoms with E-state index in [1.165, 1.54) is 20.1 Å². The number of carbonyl (C=O) groups is 2. The Kier molecular flexibility index (Phi) is 4.48. The number of halogens is 1. The maximum Gasteiger partial charge on any atom is 0.221 e. The zero-order chi connectivity index (χ0) is 13.0. The highest BCUT2D eigenvalue weighted by Crippen LogP contribution is 2.34. The van der Waals surface area contributed by atoms with E-state index in [-0.39, 0.29) is 34.5 Å². The quantitative estimate of drug-likeness (QED) is 0.799. The molecule has 0 atom stereocenters. The van der Waals surface area contributed by atoms with E-state index in [1.54, 1.807) is 6.07 Å². The van der Waals surface area contributed by atoms with E-state index in [1.807, 2.05) is 0 Å². The first kappa shape index (κ1) is 13.5. The summed E-state index contributed by atoms with van der Waals surface area (Å²) in [6.45, 7) is 1.14. The number of nitrogens with one attached hydrogen (secondary N) is 1. The van der Waals surface area contributed by atoms with Crippen molar-refractivity contribution >= 4 is 29.0 Å². The summed E-state index contributed by atoms with van der Waals surface area (Å²) < 4.78 is 5.07. The SMILES string of the molecule is COc1ccc(Cl)c(C(=O)CN)c1NC(C)=O. The molecule has 1 rings (SSSR count). The van der Waals surface area contributed by atoms with Gasteiger partial charge >= 0.3 is 0 Å². The lowest BCUT2D eigenvalue weighted by Crippen LogP contribution is -2.18. The first-order chi connectivity index (χ1) is 8.01. The van der Waals surface area contributed by atoms with Crippen LogP contribution in [-0.2, 0) is 4.79 Å². The second kappa shape index (κ2) is 5.65. The average molecular weight is 257 g/mol. The highest BCUT2D eigenvalue weighted by atomic mass is 35.5. The van der Waals surface area contributed by atoms with Crippen LogP contribution in [0.3, 0.4) is 0 Å². The Morgan fingerprint density at radius 2 is 2.12 bits per heavy atom. The fourth-order valence-electron chi connectivity index (χ4n) is 1.40. The van der Waals surface area contributed by atoms with E-state index in [9.17, 15) is 9.59 Å². The molecule has 0 bridgehead atoms. The van der Waals surface area contributed by atoms with Crippen LogP contribution in [0.5, 0.6) is 5.75 Å². The van der Waals surface area contributed by atoms with Crippen LogP contribution < -0.4 is 15.8 Å². The molecule has 5 nitrogen and oxygen atoms in total. The van der Waals surface area contributed by atoms with Crippen LogP contribution in [-0.4, -0.2) is 25.3 Å². The second-order valence-corrected chi connectivity index (χ2v) is 3.72. The molecule has 1 amide bonds. The summed E-state index contributed by atoms with van der Waals surface area (Å²) in [5, 5.41) is 2.75. The topological polar surface area (TPSA) is 81.4 Å². The van der Waals surface area contributed by atoms with Crippen molar-refractivity contribution in [2.45, 2.75) is 6.92 Å². The molecule has 0 aliphatic carbocycles. The molecule has 0 radical (unpaired) electrons. The molecule has 0 unspecified atom stereocenters. The molecule has 0 aliphatic heterocycles. The lowest BCUT2D eigenvalue weighted by molar-refractivity contribution is -0.114. The summed E-state index contributed by atoms with van der Waals surface area (Å²) in [7, 11) is 1.44. The Balaban J connectivity index is 3.41. The van der Waals surface area contributed by atoms with E-state index in [0.29, 0.717) is 5.75 Å². The number of rotatable bonds is 4. The molecule has 17 heavy (non-hydrogen) atoms. The largest absolute Gasteiger partial charge is 0.495 e. The number of nitrogens with two attached hydrogens (primary N) is 1. The molecule has 1 aromatic rings. The highest BCUT2D eigenvalue weighted by molar-refractivity contribution is 6.35. The van der Waals surface area contributed by atoms with Crippen LogP contribution >= 0.6 is 11.6 Å². The fourth-order valence-corrected chi connectivity index (χ4v) is 1.67. The summed E-state index contributed by atoms with van der Waals surface area (Å²) in [4.78, 5) is 22.8. The number of Topliss-reactive ketones (excluding diaryl/α,β-unsaturated/α-hetero) is 1. The van der Waals surface area contributed by atoms with Gasteiger partial charge in [-0.25, -0.2) is 0 Å². The van der Waals surface area contributed by atoms with Gasteiger partial charge in [-0.2, -0.15) is 0 Å². The fraction of sp³-hybridized carbons (Fsp3) is 0.273. The van der Waals surface area contributed by atoms with Crippen LogP contribution in [0.15, 0.2) is 12.1 Å². The molecule has 0 saturated heterocycles. The van der Waals surface area contributed by atoms with Gasteiger partial charge in [0.25, 0.3) is 0 Å². The standard InChI is InChI=1S/C11H13ClN2O3/c1-6(15)14-11-9(17-2)4-3-7(12)10(11)8(16)5-13/h3-4H,5,13H2,1-2H3,(H,14,15). The van der Waals surface area contributed by atoms with Gasteiger partial charge in [0.15, 0.2) is 5.78 Å². The maximum absolute atomic E-state index is 11.7. The van der Waals surface area contributed by atoms with Crippen molar-refractivity contribution in [3.05, 3.63) is 22.7 Å². The Morgan fingerprint density at radius 3 is 2.59 bits per heavy atom. The predicted molar refractivity (Wildman–Crippen MR) is 65.7 cm³/mol. The molecule has 0 spiro atoms. The Hall–Kier alpha value is -1.59. The van der Waals surface area contributed by atoms with Crippen LogP contribution in [0.2, 0.25) is 5.02 Å². The van der Waals surface area contributed by atoms with Crippen molar-refractivity contribution in [2.24, 2.45) is 5.73 Å². The van der Waals surface area contributed by atoms with Crippen molar-refractivity contribution in [2.75, 3.05) is 19.0 Å². The summed E-state index contributed by atoms with van der Waals surface area (Å²) >= 11 is 5.93. The summed E-state index contributed by atoms with van der Waals surface area (Å²) in [6, 6.07) is 3.09. The maximum atomic E-state index is 11.7. The third-order valence-corrected chi connectivity index (χ3v) is 2.42. The van der Waals surface area contributed by atoms with Gasteiger partial charge in [0.1, 0.15) is 5.75 Å². The predicted octanol–water partition coefficient (Wildman–Crippen LogP) is 1.45. The first-order valence-electron chi connectivity index (χ1n) is 4.88. The number of hydrogen-bond donors (Lipinski definition) is 2. The van der Waals surface area contributed by atoms with Gasteiger partial charge in [-0.3, -0.25) is 9.59 Å². The number of methoxy groups -OCH3 is 1. The van der Waals surface area contributed by atoms with Crippen LogP contribution in [0.25, 0.3) is 0 Å². The third-order valence-electron chi connectivity index (χ3n) is 2.10. The Morgan fingerprint density at radius 1 is 1.47 bits per heavy atom. The highest BCUT2D eigenvalue weighted by Gasteiger charge is 2.19. The summed E-state index contributed by atoms with van der Waals surface area (Å²) in [5.74, 6) is -0.323. The summed E-state index contributed by atoms with van der Waals surface area (Å²) in [5.41, 5.74) is 5.73. The molecule has 0 aromatic heterocycles. The van der Waals surface area contributed by atoms with Gasteiger partial charge in [0.05, 0.1) is 29.9 Å². The molecule has 0 heterocycles. The van der Waals surface area contributed by atoms with Crippen molar-refractivity contribution in [1.82, 2.24) is 0 Å². The lowest BCUT2D eigenvalue weighted by Gasteiger charge is -2.14. The van der Waals surface area contributed by atoms with Gasteiger partial charge in [0, 0.05) is 6.92 Å². The lowest BCUT2D eigenvalue weighted by atomic mass is 10.1. The zero-order valence-corrected chi connectivity index (χ0v) is 10.3. The summed E-state index contributed by atoms with van der Waals surface area (Å²) in [6.07, 6.45) is 0. The molecule has 6 heteroatoms. The van der Waals surface area contributed by atoms with Gasteiger partial charge < -0.3 is 15.8 Å². The molecule has 0 fully saturated rings. The smallest absolute Gasteiger partial charge is 0.221 e. The molecule has 0 aliphatic rings. The zero-order valence-electron chi connectivity index (χ0n) is 9.54. The number of amides is 1. The van der Waals surface area contributed by atoms with E-state index < -0.39 is 0 Å². The molecule has 0 saturated carbocycles. The van der Waals surface area contributed by atoms with Crippen LogP contribution in [0.4, 0.5) is 5.69 Å². The third kappa shape index (κ3) is 2.95. The van der Waals surface area contributed by atoms with E-state index in [4.69, 9.17) is 22.1 Å². The normalized spacial score (nSPS) is 9.88. The van der Waals surface area contributed by atoms with Crippen molar-refractivity contribution in [3.8, 4) is 5.75 Å². The number of benzene rings is 1. The molecule has 1 aromatic carbocycles. The Labute approximate surface area is 104 Å². The van der Waals surface area contributed by atoms with E-state index >= 15 is 0 Å². The van der Waals surface area contributed by atoms with Crippen LogP contribution in [0.1, 0.15) is 17.3 Å². The van der Waals surface area contributed by atoms with Crippen LogP contribution in [0, 0.1) is 0 Å². The number of hydrogen-bond acceptors (Lipinski definition) is 4. The monoisotopic (exact) mass is 256 g/mol. The minimum Gasteiger partial charge on any atom is -0.495 e. The van der Waals surface area contributed by atoms with Gasteiger partial charge in [-0.05, 0) is 12.1 Å². The number of ether oxygens (including phenoxy) is 1. The van der Waals surface area contributed by atoms with E-state index in [0.717, 1.165) is 0 Å². The van der Waals surface area contributed by atoms with Crippen molar-refractivity contribution in [3.63, 3.8) is 0 Å². The average Bonchev–Trinajstić information content (AvgIpc) is 2.28. The van der Waals surface area contributed by atoms with Crippen molar-refractivity contribution in [1.29, 1.82) is 0 Å². The molecular formula is C11H13ClN2O3. The molecular weight excluding hydrogens is 244 g/mol. The minimum atomic E-state index is -0.363. The van der Waals surface area contributed by atoms with Gasteiger partial charge in [-0.15, -0.1) is 0 Å². The van der Waals surface area contributed by atoms with E-state index in [2.05, 4.69) is 5.32 Å². The number of ketones is 1. The molecule has 3 N–H and O–H groups in total. The number of carbonyl (C=O) groups excluding carboxylic acids is 2. The van der Waals surface area contributed by atoms with Gasteiger partial charge in [0.2, 0.25) is 5.91 Å². The van der Waals surface area contributed by atoms with Gasteiger partial charge in [-0.1, -0.05) is 11.6 Å². The second-order valence-electron chi connectivity index (χ2n) is 3.31. The molecule has 92 valence electrons. The first-order valence-corrected chi connectivity index (χ1v) is 5.26.